The molecule has 0 amide bonds. The minimum atomic E-state index is -0.817. The van der Waals surface area contributed by atoms with E-state index in [1.807, 2.05) is 48.8 Å². The van der Waals surface area contributed by atoms with Crippen molar-refractivity contribution in [2.24, 2.45) is 12.1 Å². The van der Waals surface area contributed by atoms with E-state index in [2.05, 4.69) is 10.1 Å². The number of nitrogens with one attached hydrogen (secondary N) is 1. The van der Waals surface area contributed by atoms with Gasteiger partial charge in [-0.3, -0.25) is 0 Å². The quantitative estimate of drug-likeness (QED) is 0.658. The number of hydrogen-bond acceptors (Lipinski definition) is 5. The highest BCUT2D eigenvalue weighted by Gasteiger charge is 2.31. The number of benzene rings is 2. The second kappa shape index (κ2) is 7.00. The summed E-state index contributed by atoms with van der Waals surface area (Å²) < 4.78 is 35.8. The van der Waals surface area contributed by atoms with Gasteiger partial charge in [0.1, 0.15) is 17.2 Å². The minimum absolute atomic E-state index is 0.117. The summed E-state index contributed by atoms with van der Waals surface area (Å²) >= 11 is 0. The van der Waals surface area contributed by atoms with Crippen molar-refractivity contribution in [2.75, 3.05) is 13.6 Å². The van der Waals surface area contributed by atoms with Crippen LogP contribution in [0.2, 0.25) is 0 Å². The Bertz CT molecular complexity index is 1330. The van der Waals surface area contributed by atoms with Gasteiger partial charge in [-0.15, -0.1) is 0 Å². The molecule has 0 saturated carbocycles. The molecule has 2 aliphatic heterocycles. The van der Waals surface area contributed by atoms with Crippen LogP contribution in [0.4, 0.5) is 8.78 Å². The van der Waals surface area contributed by atoms with Gasteiger partial charge >= 0.3 is 0 Å². The van der Waals surface area contributed by atoms with Crippen molar-refractivity contribution in [3.05, 3.63) is 76.0 Å². The zero-order valence-electron chi connectivity index (χ0n) is 17.1. The fraction of sp³-hybridized carbons (Fsp3) is 0.182. The highest BCUT2D eigenvalue weighted by Crippen LogP contribution is 2.41. The SMILES string of the molecule is Cc1nc2c(Oc3ccc(F)cc3F)c(C3=CN(C)CC4=C3C=N[NH+]4[O-])ccc2n1C. The fourth-order valence-electron chi connectivity index (χ4n) is 3.91. The maximum absolute atomic E-state index is 14.4. The lowest BCUT2D eigenvalue weighted by atomic mass is 9.94. The molecule has 1 atom stereocenters. The summed E-state index contributed by atoms with van der Waals surface area (Å²) in [5, 5.41) is 15.9. The van der Waals surface area contributed by atoms with E-state index < -0.39 is 11.6 Å². The Morgan fingerprint density at radius 3 is 2.74 bits per heavy atom. The smallest absolute Gasteiger partial charge is 0.168 e. The molecule has 1 aromatic heterocycles. The fourth-order valence-corrected chi connectivity index (χ4v) is 3.91. The Balaban J connectivity index is 1.74. The molecule has 3 heterocycles. The molecule has 1 N–H and O–H groups in total. The Morgan fingerprint density at radius 1 is 1.16 bits per heavy atom. The molecule has 7 nitrogen and oxygen atoms in total. The molecule has 1 unspecified atom stereocenters. The number of likely N-dealkylation sites (N-methyl/N-ethyl adjacent to an activating group) is 1. The maximum Gasteiger partial charge on any atom is 0.168 e. The van der Waals surface area contributed by atoms with Gasteiger partial charge in [0.15, 0.2) is 23.0 Å². The normalized spacial score (nSPS) is 18.1. The molecule has 0 spiro atoms. The zero-order chi connectivity index (χ0) is 21.9. The van der Waals surface area contributed by atoms with Gasteiger partial charge in [0.2, 0.25) is 0 Å². The number of imidazole rings is 1. The first-order valence-electron chi connectivity index (χ1n) is 9.67. The first-order chi connectivity index (χ1) is 14.8. The summed E-state index contributed by atoms with van der Waals surface area (Å²) in [5.74, 6) is -0.544. The number of rotatable bonds is 3. The van der Waals surface area contributed by atoms with Crippen LogP contribution in [0, 0.1) is 23.8 Å². The average Bonchev–Trinajstić information content (AvgIpc) is 3.24. The molecule has 2 aliphatic rings. The van der Waals surface area contributed by atoms with E-state index in [1.54, 1.807) is 6.21 Å². The second-order valence-electron chi connectivity index (χ2n) is 7.62. The van der Waals surface area contributed by atoms with Crippen molar-refractivity contribution in [1.82, 2.24) is 14.5 Å². The van der Waals surface area contributed by atoms with Crippen molar-refractivity contribution in [3.63, 3.8) is 0 Å². The van der Waals surface area contributed by atoms with E-state index in [4.69, 9.17) is 4.74 Å². The van der Waals surface area contributed by atoms with Gasteiger partial charge in [-0.05, 0) is 31.2 Å². The van der Waals surface area contributed by atoms with Crippen molar-refractivity contribution < 1.29 is 18.7 Å². The predicted molar refractivity (Wildman–Crippen MR) is 112 cm³/mol. The summed E-state index contributed by atoms with van der Waals surface area (Å²) in [7, 11) is 3.74. The van der Waals surface area contributed by atoms with Crippen molar-refractivity contribution in [2.45, 2.75) is 6.92 Å². The molecule has 0 bridgehead atoms. The molecule has 9 heteroatoms. The van der Waals surface area contributed by atoms with Gasteiger partial charge in [-0.2, -0.15) is 0 Å². The summed E-state index contributed by atoms with van der Waals surface area (Å²) in [6, 6.07) is 6.91. The number of fused-ring (bicyclic) bond motifs is 1. The minimum Gasteiger partial charge on any atom is -0.601 e. The van der Waals surface area contributed by atoms with Crippen LogP contribution in [-0.4, -0.2) is 34.3 Å². The monoisotopic (exact) mass is 423 g/mol. The molecule has 5 rings (SSSR count). The van der Waals surface area contributed by atoms with Crippen LogP contribution < -0.4 is 9.91 Å². The molecule has 0 saturated heterocycles. The highest BCUT2D eigenvalue weighted by molar-refractivity contribution is 6.05. The number of hydrogen-bond donors (Lipinski definition) is 1. The van der Waals surface area contributed by atoms with E-state index in [-0.39, 0.29) is 10.9 Å². The molecule has 0 aliphatic carbocycles. The second-order valence-corrected chi connectivity index (χ2v) is 7.62. The Labute approximate surface area is 176 Å². The molecular formula is C22H19F2N5O2. The molecule has 0 fully saturated rings. The van der Waals surface area contributed by atoms with Gasteiger partial charge in [0, 0.05) is 37.5 Å². The first kappa shape index (κ1) is 19.4. The van der Waals surface area contributed by atoms with Gasteiger partial charge < -0.3 is 19.4 Å². The third-order valence-corrected chi connectivity index (χ3v) is 5.57. The average molecular weight is 423 g/mol. The number of hydroxylamine groups is 1. The number of ether oxygens (including phenoxy) is 1. The van der Waals surface area contributed by atoms with E-state index in [0.717, 1.165) is 29.0 Å². The number of quaternary nitrogens is 1. The van der Waals surface area contributed by atoms with E-state index >= 15 is 0 Å². The van der Waals surface area contributed by atoms with Crippen LogP contribution in [-0.2, 0) is 7.05 Å². The van der Waals surface area contributed by atoms with Gasteiger partial charge in [-0.1, -0.05) is 5.10 Å². The standard InChI is InChI=1S/C22H19F2N5O2/c1-12-26-21-18(28(12)3)6-5-14(22(21)31-20-7-4-13(23)8-17(20)24)16-10-27(2)11-19-15(16)9-25-29(19)30/h4-10,29H,11H2,1-3H3. The Morgan fingerprint density at radius 2 is 1.97 bits per heavy atom. The number of nitrogens with zero attached hydrogens (tertiary/aromatic N) is 4. The van der Waals surface area contributed by atoms with Gasteiger partial charge in [0.05, 0.1) is 23.8 Å². The first-order valence-corrected chi connectivity index (χ1v) is 9.67. The molecule has 31 heavy (non-hydrogen) atoms. The zero-order valence-corrected chi connectivity index (χ0v) is 17.1. The summed E-state index contributed by atoms with van der Waals surface area (Å²) in [4.78, 5) is 6.50. The number of halogens is 2. The summed E-state index contributed by atoms with van der Waals surface area (Å²) in [6.07, 6.45) is 3.45. The van der Waals surface area contributed by atoms with Crippen LogP contribution in [0.1, 0.15) is 11.4 Å². The van der Waals surface area contributed by atoms with Crippen molar-refractivity contribution >= 4 is 22.8 Å². The molecular weight excluding hydrogens is 404 g/mol. The predicted octanol–water partition coefficient (Wildman–Crippen LogP) is 2.87. The van der Waals surface area contributed by atoms with Gasteiger partial charge in [0.25, 0.3) is 0 Å². The highest BCUT2D eigenvalue weighted by atomic mass is 19.1. The number of allylic oxidation sites excluding steroid dienone is 2. The molecule has 2 aromatic carbocycles. The Hall–Kier alpha value is -3.56. The largest absolute Gasteiger partial charge is 0.601 e. The summed E-state index contributed by atoms with van der Waals surface area (Å²) in [5.41, 5.74) is 4.00. The molecule has 158 valence electrons. The number of aryl methyl sites for hydroxylation is 2. The lowest BCUT2D eigenvalue weighted by Crippen LogP contribution is -3.00. The lowest BCUT2D eigenvalue weighted by molar-refractivity contribution is -0.811. The van der Waals surface area contributed by atoms with Crippen molar-refractivity contribution in [3.8, 4) is 11.5 Å². The maximum atomic E-state index is 14.4. The van der Waals surface area contributed by atoms with Crippen LogP contribution in [0.25, 0.3) is 16.6 Å². The summed E-state index contributed by atoms with van der Waals surface area (Å²) in [6.45, 7) is 2.31. The molecule has 3 aromatic rings. The van der Waals surface area contributed by atoms with E-state index in [0.29, 0.717) is 34.6 Å². The van der Waals surface area contributed by atoms with E-state index in [9.17, 15) is 14.0 Å². The van der Waals surface area contributed by atoms with Crippen molar-refractivity contribution in [1.29, 1.82) is 0 Å². The van der Waals surface area contributed by atoms with Crippen LogP contribution in [0.3, 0.4) is 0 Å². The number of aromatic nitrogens is 2. The third-order valence-electron chi connectivity index (χ3n) is 5.57. The topological polar surface area (TPSA) is 70.2 Å². The van der Waals surface area contributed by atoms with Crippen LogP contribution in [0.5, 0.6) is 11.5 Å². The van der Waals surface area contributed by atoms with E-state index in [1.165, 1.54) is 6.07 Å². The van der Waals surface area contributed by atoms with Gasteiger partial charge in [-0.25, -0.2) is 18.9 Å². The van der Waals surface area contributed by atoms with Crippen LogP contribution in [0.15, 0.2) is 52.9 Å². The lowest BCUT2D eigenvalue weighted by Gasteiger charge is -2.26. The Kier molecular flexibility index (Phi) is 4.38. The van der Waals surface area contributed by atoms with Crippen LogP contribution >= 0.6 is 0 Å². The molecule has 0 radical (unpaired) electrons. The third kappa shape index (κ3) is 3.09.